The first-order valence-corrected chi connectivity index (χ1v) is 10.3. The number of benzene rings is 2. The number of amides is 6. The lowest BCUT2D eigenvalue weighted by atomic mass is 9.83. The van der Waals surface area contributed by atoms with E-state index in [4.69, 9.17) is 4.42 Å². The Kier molecular flexibility index (Phi) is 6.21. The predicted octanol–water partition coefficient (Wildman–Crippen LogP) is 2.30. The number of furan rings is 1. The average molecular weight is 446 g/mol. The summed E-state index contributed by atoms with van der Waals surface area (Å²) in [5, 5.41) is 7.37. The van der Waals surface area contributed by atoms with E-state index in [2.05, 4.69) is 16.0 Å². The Morgan fingerprint density at radius 3 is 2.30 bits per heavy atom. The maximum absolute atomic E-state index is 13.5. The third kappa shape index (κ3) is 4.77. The van der Waals surface area contributed by atoms with Crippen LogP contribution in [0.2, 0.25) is 0 Å². The Hall–Kier alpha value is -4.40. The molecule has 3 aromatic rings. The SMILES string of the molecule is O=C(CN1C(=O)NC(Cc2ccccc2)(c2ccccc2)C1=O)NC(=O)NCc1ccco1. The number of rotatable bonds is 7. The third-order valence-electron chi connectivity index (χ3n) is 5.31. The molecule has 168 valence electrons. The normalized spacial score (nSPS) is 17.5. The molecule has 0 spiro atoms. The van der Waals surface area contributed by atoms with E-state index in [1.165, 1.54) is 6.26 Å². The summed E-state index contributed by atoms with van der Waals surface area (Å²) in [5.41, 5.74) is 0.0894. The molecule has 9 heteroatoms. The maximum Gasteiger partial charge on any atom is 0.325 e. The van der Waals surface area contributed by atoms with Crippen molar-refractivity contribution in [2.75, 3.05) is 6.54 Å². The van der Waals surface area contributed by atoms with Crippen LogP contribution in [0.5, 0.6) is 0 Å². The summed E-state index contributed by atoms with van der Waals surface area (Å²) in [7, 11) is 0. The van der Waals surface area contributed by atoms with Crippen LogP contribution in [0.15, 0.2) is 83.5 Å². The second kappa shape index (κ2) is 9.39. The van der Waals surface area contributed by atoms with Crippen molar-refractivity contribution < 1.29 is 23.6 Å². The standard InChI is InChI=1S/C24H22N4O5/c29-20(26-22(31)25-15-19-12-7-13-33-19)16-28-21(30)24(27-23(28)32,18-10-5-2-6-11-18)14-17-8-3-1-4-9-17/h1-13H,14-16H2,(H,27,32)(H2,25,26,29,31). The molecule has 1 fully saturated rings. The van der Waals surface area contributed by atoms with Gasteiger partial charge in [-0.15, -0.1) is 0 Å². The molecule has 0 aliphatic carbocycles. The van der Waals surface area contributed by atoms with Crippen molar-refractivity contribution in [3.05, 3.63) is 95.9 Å². The molecule has 1 aliphatic rings. The molecule has 0 bridgehead atoms. The molecule has 1 aromatic heterocycles. The van der Waals surface area contributed by atoms with E-state index in [0.717, 1.165) is 10.5 Å². The Labute approximate surface area is 189 Å². The number of nitrogens with zero attached hydrogens (tertiary/aromatic N) is 1. The van der Waals surface area contributed by atoms with Crippen LogP contribution >= 0.6 is 0 Å². The van der Waals surface area contributed by atoms with E-state index in [9.17, 15) is 19.2 Å². The molecule has 3 N–H and O–H groups in total. The molecule has 33 heavy (non-hydrogen) atoms. The van der Waals surface area contributed by atoms with Crippen molar-refractivity contribution in [3.8, 4) is 0 Å². The van der Waals surface area contributed by atoms with Gasteiger partial charge in [-0.05, 0) is 23.3 Å². The van der Waals surface area contributed by atoms with Gasteiger partial charge in [0.25, 0.3) is 5.91 Å². The molecule has 1 atom stereocenters. The zero-order valence-electron chi connectivity index (χ0n) is 17.6. The second-order valence-electron chi connectivity index (χ2n) is 7.57. The number of nitrogens with one attached hydrogen (secondary N) is 3. The number of hydrogen-bond acceptors (Lipinski definition) is 5. The van der Waals surface area contributed by atoms with Crippen molar-refractivity contribution in [2.45, 2.75) is 18.5 Å². The number of urea groups is 2. The topological polar surface area (TPSA) is 121 Å². The van der Waals surface area contributed by atoms with Crippen molar-refractivity contribution >= 4 is 23.9 Å². The summed E-state index contributed by atoms with van der Waals surface area (Å²) >= 11 is 0. The molecular formula is C24H22N4O5. The van der Waals surface area contributed by atoms with Gasteiger partial charge in [0, 0.05) is 6.42 Å². The van der Waals surface area contributed by atoms with Crippen LogP contribution in [-0.4, -0.2) is 35.3 Å². The highest BCUT2D eigenvalue weighted by Gasteiger charge is 2.52. The van der Waals surface area contributed by atoms with Crippen LogP contribution in [-0.2, 0) is 28.1 Å². The summed E-state index contributed by atoms with van der Waals surface area (Å²) in [6.45, 7) is -0.508. The highest BCUT2D eigenvalue weighted by atomic mass is 16.3. The molecule has 4 rings (SSSR count). The van der Waals surface area contributed by atoms with Crippen molar-refractivity contribution in [1.82, 2.24) is 20.9 Å². The zero-order chi connectivity index (χ0) is 23.3. The monoisotopic (exact) mass is 446 g/mol. The Balaban J connectivity index is 1.48. The zero-order valence-corrected chi connectivity index (χ0v) is 17.6. The molecule has 2 aromatic carbocycles. The van der Waals surface area contributed by atoms with Crippen LogP contribution in [0.3, 0.4) is 0 Å². The average Bonchev–Trinajstić information content (AvgIpc) is 3.42. The molecule has 0 radical (unpaired) electrons. The van der Waals surface area contributed by atoms with Gasteiger partial charge in [0.1, 0.15) is 12.3 Å². The van der Waals surface area contributed by atoms with Crippen molar-refractivity contribution in [2.24, 2.45) is 0 Å². The van der Waals surface area contributed by atoms with Gasteiger partial charge in [-0.1, -0.05) is 60.7 Å². The van der Waals surface area contributed by atoms with Gasteiger partial charge in [-0.3, -0.25) is 19.8 Å². The molecule has 2 heterocycles. The van der Waals surface area contributed by atoms with Gasteiger partial charge in [-0.2, -0.15) is 0 Å². The van der Waals surface area contributed by atoms with Gasteiger partial charge in [-0.25, -0.2) is 9.59 Å². The molecule has 1 saturated heterocycles. The van der Waals surface area contributed by atoms with E-state index < -0.39 is 36.0 Å². The maximum atomic E-state index is 13.5. The van der Waals surface area contributed by atoms with E-state index in [0.29, 0.717) is 11.3 Å². The van der Waals surface area contributed by atoms with E-state index in [-0.39, 0.29) is 13.0 Å². The number of imide groups is 2. The van der Waals surface area contributed by atoms with E-state index in [1.807, 2.05) is 36.4 Å². The minimum Gasteiger partial charge on any atom is -0.467 e. The smallest absolute Gasteiger partial charge is 0.325 e. The molecule has 9 nitrogen and oxygen atoms in total. The first-order chi connectivity index (χ1) is 16.0. The van der Waals surface area contributed by atoms with Crippen LogP contribution in [0.25, 0.3) is 0 Å². The van der Waals surface area contributed by atoms with Gasteiger partial charge in [0.15, 0.2) is 5.54 Å². The summed E-state index contributed by atoms with van der Waals surface area (Å²) in [6, 6.07) is 20.1. The number of carbonyl (C=O) groups is 4. The first-order valence-electron chi connectivity index (χ1n) is 10.3. The molecular weight excluding hydrogens is 424 g/mol. The number of hydrogen-bond donors (Lipinski definition) is 3. The van der Waals surface area contributed by atoms with Gasteiger partial charge in [0.2, 0.25) is 5.91 Å². The Bertz CT molecular complexity index is 1150. The molecule has 1 aliphatic heterocycles. The van der Waals surface area contributed by atoms with Crippen LogP contribution < -0.4 is 16.0 Å². The van der Waals surface area contributed by atoms with Gasteiger partial charge < -0.3 is 15.1 Å². The van der Waals surface area contributed by atoms with Crippen LogP contribution in [0, 0.1) is 0 Å². The fraction of sp³-hybridized carbons (Fsp3) is 0.167. The minimum atomic E-state index is -1.36. The fourth-order valence-corrected chi connectivity index (χ4v) is 3.75. The summed E-state index contributed by atoms with van der Waals surface area (Å²) in [4.78, 5) is 51.5. The van der Waals surface area contributed by atoms with Crippen molar-refractivity contribution in [3.63, 3.8) is 0 Å². The minimum absolute atomic E-state index is 0.0867. The molecule has 6 amide bonds. The van der Waals surface area contributed by atoms with Crippen LogP contribution in [0.1, 0.15) is 16.9 Å². The third-order valence-corrected chi connectivity index (χ3v) is 5.31. The lowest BCUT2D eigenvalue weighted by Gasteiger charge is -2.27. The summed E-state index contributed by atoms with van der Waals surface area (Å²) in [6.07, 6.45) is 1.68. The van der Waals surface area contributed by atoms with Gasteiger partial charge in [0.05, 0.1) is 12.8 Å². The lowest BCUT2D eigenvalue weighted by molar-refractivity contribution is -0.135. The van der Waals surface area contributed by atoms with Gasteiger partial charge >= 0.3 is 12.1 Å². The first kappa shape index (κ1) is 21.8. The van der Waals surface area contributed by atoms with Crippen LogP contribution in [0.4, 0.5) is 9.59 Å². The summed E-state index contributed by atoms with van der Waals surface area (Å²) < 4.78 is 5.11. The predicted molar refractivity (Wildman–Crippen MR) is 118 cm³/mol. The fourth-order valence-electron chi connectivity index (χ4n) is 3.75. The van der Waals surface area contributed by atoms with E-state index >= 15 is 0 Å². The molecule has 1 unspecified atom stereocenters. The highest BCUT2D eigenvalue weighted by molar-refractivity contribution is 6.10. The number of carbonyl (C=O) groups excluding carboxylic acids is 4. The second-order valence-corrected chi connectivity index (χ2v) is 7.57. The van der Waals surface area contributed by atoms with E-state index in [1.54, 1.807) is 36.4 Å². The highest BCUT2D eigenvalue weighted by Crippen LogP contribution is 2.32. The molecule has 0 saturated carbocycles. The Morgan fingerprint density at radius 1 is 0.939 bits per heavy atom. The largest absolute Gasteiger partial charge is 0.467 e. The summed E-state index contributed by atoms with van der Waals surface area (Å²) in [5.74, 6) is -0.840. The van der Waals surface area contributed by atoms with Crippen molar-refractivity contribution in [1.29, 1.82) is 0 Å². The quantitative estimate of drug-likeness (QED) is 0.481. The lowest BCUT2D eigenvalue weighted by Crippen LogP contribution is -2.48. The Morgan fingerprint density at radius 2 is 1.64 bits per heavy atom.